The zero-order valence-corrected chi connectivity index (χ0v) is 7.87. The first-order chi connectivity index (χ1) is 5.56. The van der Waals surface area contributed by atoms with Crippen molar-refractivity contribution in [3.8, 4) is 0 Å². The molecule has 0 radical (unpaired) electrons. The number of alkyl halides is 4. The first-order valence-corrected chi connectivity index (χ1v) is 4.04. The summed E-state index contributed by atoms with van der Waals surface area (Å²) < 4.78 is 49.9. The molecule has 5 heteroatoms. The smallest absolute Gasteiger partial charge is 0.378 e. The van der Waals surface area contributed by atoms with E-state index in [9.17, 15) is 17.6 Å². The minimum atomic E-state index is -4.94. The predicted octanol–water partition coefficient (Wildman–Crippen LogP) is 2.83. The van der Waals surface area contributed by atoms with Gasteiger partial charge in [0.15, 0.2) is 5.60 Å². The van der Waals surface area contributed by atoms with Crippen molar-refractivity contribution in [1.82, 2.24) is 0 Å². The topological polar surface area (TPSA) is 20.2 Å². The molecule has 0 saturated carbocycles. The molecule has 0 aromatic carbocycles. The van der Waals surface area contributed by atoms with Gasteiger partial charge in [-0.15, -0.1) is 0 Å². The van der Waals surface area contributed by atoms with Crippen LogP contribution in [0.2, 0.25) is 0 Å². The standard InChI is InChI=1S/C8H14F4O/c1-4-5-6(2,9)7(3,13)8(10,11)12/h13H,4-5H2,1-3H3. The van der Waals surface area contributed by atoms with Crippen LogP contribution >= 0.6 is 0 Å². The Morgan fingerprint density at radius 1 is 1.08 bits per heavy atom. The summed E-state index contributed by atoms with van der Waals surface area (Å²) in [5.41, 5.74) is -5.92. The van der Waals surface area contributed by atoms with E-state index in [0.29, 0.717) is 6.92 Å². The van der Waals surface area contributed by atoms with Crippen molar-refractivity contribution in [2.24, 2.45) is 0 Å². The van der Waals surface area contributed by atoms with Gasteiger partial charge in [-0.1, -0.05) is 13.3 Å². The monoisotopic (exact) mass is 202 g/mol. The maximum atomic E-state index is 13.4. The quantitative estimate of drug-likeness (QED) is 0.697. The third-order valence-corrected chi connectivity index (χ3v) is 2.29. The van der Waals surface area contributed by atoms with Gasteiger partial charge in [-0.25, -0.2) is 4.39 Å². The second-order valence-corrected chi connectivity index (χ2v) is 3.52. The van der Waals surface area contributed by atoms with Crippen molar-refractivity contribution in [1.29, 1.82) is 0 Å². The van der Waals surface area contributed by atoms with Gasteiger partial charge in [0, 0.05) is 0 Å². The number of halogens is 4. The fourth-order valence-electron chi connectivity index (χ4n) is 1.01. The molecule has 2 unspecified atom stereocenters. The summed E-state index contributed by atoms with van der Waals surface area (Å²) in [5.74, 6) is 0. The van der Waals surface area contributed by atoms with Crippen molar-refractivity contribution in [2.75, 3.05) is 0 Å². The van der Waals surface area contributed by atoms with Gasteiger partial charge in [-0.2, -0.15) is 13.2 Å². The van der Waals surface area contributed by atoms with Gasteiger partial charge < -0.3 is 5.11 Å². The van der Waals surface area contributed by atoms with E-state index in [1.54, 1.807) is 6.92 Å². The highest BCUT2D eigenvalue weighted by Gasteiger charge is 2.61. The first-order valence-electron chi connectivity index (χ1n) is 4.04. The molecular formula is C8H14F4O. The number of aliphatic hydroxyl groups is 1. The molecule has 0 spiro atoms. The van der Waals surface area contributed by atoms with E-state index in [0.717, 1.165) is 6.92 Å². The van der Waals surface area contributed by atoms with Crippen LogP contribution in [0, 0.1) is 0 Å². The first kappa shape index (κ1) is 12.7. The van der Waals surface area contributed by atoms with Crippen LogP contribution < -0.4 is 0 Å². The third kappa shape index (κ3) is 2.33. The number of hydrogen-bond acceptors (Lipinski definition) is 1. The lowest BCUT2D eigenvalue weighted by Crippen LogP contribution is -2.57. The van der Waals surface area contributed by atoms with E-state index in [1.807, 2.05) is 0 Å². The molecule has 2 atom stereocenters. The molecule has 0 rings (SSSR count). The van der Waals surface area contributed by atoms with Gasteiger partial charge in [0.25, 0.3) is 0 Å². The minimum absolute atomic E-state index is 0.249. The molecule has 1 nitrogen and oxygen atoms in total. The van der Waals surface area contributed by atoms with Crippen molar-refractivity contribution in [3.05, 3.63) is 0 Å². The van der Waals surface area contributed by atoms with Crippen LogP contribution in [0.1, 0.15) is 33.6 Å². The lowest BCUT2D eigenvalue weighted by Gasteiger charge is -2.37. The summed E-state index contributed by atoms with van der Waals surface area (Å²) in [6.45, 7) is 2.79. The van der Waals surface area contributed by atoms with Gasteiger partial charge in [0.05, 0.1) is 0 Å². The van der Waals surface area contributed by atoms with Crippen LogP contribution in [0.25, 0.3) is 0 Å². The summed E-state index contributed by atoms with van der Waals surface area (Å²) in [5, 5.41) is 9.01. The zero-order valence-electron chi connectivity index (χ0n) is 7.87. The van der Waals surface area contributed by atoms with Gasteiger partial charge in [0.1, 0.15) is 5.67 Å². The van der Waals surface area contributed by atoms with Crippen LogP contribution in [0.4, 0.5) is 17.6 Å². The highest BCUT2D eigenvalue weighted by atomic mass is 19.4. The molecule has 1 N–H and O–H groups in total. The van der Waals surface area contributed by atoms with Crippen LogP contribution in [0.15, 0.2) is 0 Å². The highest BCUT2D eigenvalue weighted by Crippen LogP contribution is 2.42. The van der Waals surface area contributed by atoms with E-state index in [4.69, 9.17) is 5.11 Å². The lowest BCUT2D eigenvalue weighted by molar-refractivity contribution is -0.294. The second-order valence-electron chi connectivity index (χ2n) is 3.52. The molecule has 80 valence electrons. The summed E-state index contributed by atoms with van der Waals surface area (Å²) in [7, 11) is 0. The van der Waals surface area contributed by atoms with E-state index < -0.39 is 17.4 Å². The molecule has 0 heterocycles. The molecule has 0 aliphatic heterocycles. The van der Waals surface area contributed by atoms with Crippen LogP contribution in [-0.2, 0) is 0 Å². The lowest BCUT2D eigenvalue weighted by atomic mass is 9.83. The SMILES string of the molecule is CCCC(C)(F)C(C)(O)C(F)(F)F. The predicted molar refractivity (Wildman–Crippen MR) is 41.1 cm³/mol. The Hall–Kier alpha value is -0.320. The van der Waals surface area contributed by atoms with E-state index >= 15 is 0 Å². The van der Waals surface area contributed by atoms with Gasteiger partial charge >= 0.3 is 6.18 Å². The molecule has 13 heavy (non-hydrogen) atoms. The maximum absolute atomic E-state index is 13.4. The minimum Gasteiger partial charge on any atom is -0.378 e. The molecule has 0 fully saturated rings. The Balaban J connectivity index is 4.81. The fraction of sp³-hybridized carbons (Fsp3) is 1.00. The average molecular weight is 202 g/mol. The van der Waals surface area contributed by atoms with Gasteiger partial charge in [-0.3, -0.25) is 0 Å². The molecule has 0 aromatic heterocycles. The molecule has 0 aromatic rings. The third-order valence-electron chi connectivity index (χ3n) is 2.29. The molecular weight excluding hydrogens is 188 g/mol. The second kappa shape index (κ2) is 3.44. The number of hydrogen-bond donors (Lipinski definition) is 1. The molecule has 0 aliphatic carbocycles. The number of rotatable bonds is 3. The Bertz CT molecular complexity index is 171. The Labute approximate surface area is 74.8 Å². The van der Waals surface area contributed by atoms with Gasteiger partial charge in [0.2, 0.25) is 0 Å². The summed E-state index contributed by atoms with van der Waals surface area (Å²) >= 11 is 0. The van der Waals surface area contributed by atoms with E-state index in [-0.39, 0.29) is 12.8 Å². The van der Waals surface area contributed by atoms with Crippen molar-refractivity contribution in [3.63, 3.8) is 0 Å². The molecule has 0 saturated heterocycles. The van der Waals surface area contributed by atoms with Crippen molar-refractivity contribution < 1.29 is 22.7 Å². The molecule has 0 aliphatic rings. The van der Waals surface area contributed by atoms with E-state index in [2.05, 4.69) is 0 Å². The average Bonchev–Trinajstić information content (AvgIpc) is 1.84. The molecule has 0 bridgehead atoms. The van der Waals surface area contributed by atoms with E-state index in [1.165, 1.54) is 0 Å². The largest absolute Gasteiger partial charge is 0.420 e. The fourth-order valence-corrected chi connectivity index (χ4v) is 1.01. The summed E-state index contributed by atoms with van der Waals surface area (Å²) in [6.07, 6.45) is -5.01. The summed E-state index contributed by atoms with van der Waals surface area (Å²) in [6, 6.07) is 0. The van der Waals surface area contributed by atoms with Crippen LogP contribution in [0.3, 0.4) is 0 Å². The van der Waals surface area contributed by atoms with Gasteiger partial charge in [-0.05, 0) is 20.3 Å². The Kier molecular flexibility index (Phi) is 3.36. The summed E-state index contributed by atoms with van der Waals surface area (Å²) in [4.78, 5) is 0. The zero-order chi connectivity index (χ0) is 10.9. The van der Waals surface area contributed by atoms with Crippen molar-refractivity contribution in [2.45, 2.75) is 51.1 Å². The van der Waals surface area contributed by atoms with Crippen LogP contribution in [0.5, 0.6) is 0 Å². The maximum Gasteiger partial charge on any atom is 0.420 e. The molecule has 0 amide bonds. The van der Waals surface area contributed by atoms with Crippen LogP contribution in [-0.4, -0.2) is 22.6 Å². The highest BCUT2D eigenvalue weighted by molar-refractivity contribution is 4.98. The Morgan fingerprint density at radius 2 is 1.46 bits per heavy atom. The Morgan fingerprint density at radius 3 is 1.69 bits per heavy atom. The normalized spacial score (nSPS) is 22.2. The van der Waals surface area contributed by atoms with Crippen molar-refractivity contribution >= 4 is 0 Å².